The van der Waals surface area contributed by atoms with Gasteiger partial charge in [0.15, 0.2) is 5.57 Å². The third kappa shape index (κ3) is 1.69. The fourth-order valence-electron chi connectivity index (χ4n) is 1.79. The first kappa shape index (κ1) is 11.0. The van der Waals surface area contributed by atoms with Crippen molar-refractivity contribution in [2.45, 2.75) is 6.92 Å². The molecule has 1 aromatic heterocycles. The van der Waals surface area contributed by atoms with Crippen molar-refractivity contribution in [3.8, 4) is 0 Å². The van der Waals surface area contributed by atoms with Crippen LogP contribution in [0.4, 0.5) is 0 Å². The molecule has 2 aliphatic heterocycles. The predicted octanol–water partition coefficient (Wildman–Crippen LogP) is 0.154. The van der Waals surface area contributed by atoms with E-state index in [0.717, 1.165) is 15.8 Å². The third-order valence-electron chi connectivity index (χ3n) is 2.68. The van der Waals surface area contributed by atoms with E-state index in [1.165, 1.54) is 11.3 Å². The number of carbonyl (C=O) groups is 2. The molecule has 3 rings (SSSR count). The van der Waals surface area contributed by atoms with Crippen LogP contribution in [-0.4, -0.2) is 11.9 Å². The van der Waals surface area contributed by atoms with E-state index in [0.29, 0.717) is 4.53 Å². The Labute approximate surface area is 107 Å². The van der Waals surface area contributed by atoms with E-state index in [1.807, 2.05) is 31.3 Å². The van der Waals surface area contributed by atoms with E-state index >= 15 is 0 Å². The molecule has 0 unspecified atom stereocenters. The van der Waals surface area contributed by atoms with Gasteiger partial charge in [-0.1, -0.05) is 0 Å². The summed E-state index contributed by atoms with van der Waals surface area (Å²) in [4.78, 5) is 22.3. The Morgan fingerprint density at radius 3 is 2.56 bits per heavy atom. The minimum absolute atomic E-state index is 0.158. The van der Waals surface area contributed by atoms with Gasteiger partial charge in [0.2, 0.25) is 0 Å². The lowest BCUT2D eigenvalue weighted by Crippen LogP contribution is -2.34. The van der Waals surface area contributed by atoms with Gasteiger partial charge in [0.25, 0.3) is 0 Å². The van der Waals surface area contributed by atoms with Crippen molar-refractivity contribution in [3.05, 3.63) is 45.2 Å². The summed E-state index contributed by atoms with van der Waals surface area (Å²) in [7, 11) is 0. The quantitative estimate of drug-likeness (QED) is 0.532. The van der Waals surface area contributed by atoms with Gasteiger partial charge in [0.05, 0.1) is 0 Å². The van der Waals surface area contributed by atoms with Gasteiger partial charge in [-0.3, -0.25) is 0 Å². The van der Waals surface area contributed by atoms with E-state index in [1.54, 1.807) is 6.07 Å². The Morgan fingerprint density at radius 1 is 1.17 bits per heavy atom. The zero-order valence-corrected chi connectivity index (χ0v) is 10.3. The number of allylic oxidation sites excluding steroid dienone is 3. The molecule has 4 nitrogen and oxygen atoms in total. The topological polar surface area (TPSA) is 55.4 Å². The number of hydrogen-bond donors (Lipinski definition) is 1. The largest absolute Gasteiger partial charge is 0.385 e. The lowest BCUT2D eigenvalue weighted by molar-refractivity contribution is -0.160. The average Bonchev–Trinajstić information content (AvgIpc) is 2.77. The molecular weight excluding hydrogens is 250 g/mol. The first-order valence-corrected chi connectivity index (χ1v) is 6.19. The summed E-state index contributed by atoms with van der Waals surface area (Å²) in [6.45, 7) is 1.97. The molecule has 0 atom stereocenters. The lowest BCUT2D eigenvalue weighted by Gasteiger charge is -2.11. The molecule has 0 saturated carbocycles. The van der Waals surface area contributed by atoms with Crippen LogP contribution in [0.5, 0.6) is 0 Å². The Kier molecular flexibility index (Phi) is 2.41. The minimum atomic E-state index is -0.536. The van der Waals surface area contributed by atoms with Gasteiger partial charge in [0.1, 0.15) is 0 Å². The molecule has 0 spiro atoms. The smallest absolute Gasteiger partial charge is 0.354 e. The van der Waals surface area contributed by atoms with Gasteiger partial charge in [0, 0.05) is 21.0 Å². The van der Waals surface area contributed by atoms with Crippen LogP contribution in [0.3, 0.4) is 0 Å². The summed E-state index contributed by atoms with van der Waals surface area (Å²) in [6, 6.07) is 3.68. The highest BCUT2D eigenvalue weighted by Crippen LogP contribution is 2.13. The average molecular weight is 259 g/mol. The molecule has 1 N–H and O–H groups in total. The van der Waals surface area contributed by atoms with Crippen LogP contribution in [0.1, 0.15) is 6.92 Å². The zero-order chi connectivity index (χ0) is 12.7. The van der Waals surface area contributed by atoms with Crippen molar-refractivity contribution in [2.75, 3.05) is 0 Å². The highest BCUT2D eigenvalue weighted by Gasteiger charge is 2.35. The maximum atomic E-state index is 11.2. The molecular formula is C13H9NO3S. The third-order valence-corrected chi connectivity index (χ3v) is 3.83. The summed E-state index contributed by atoms with van der Waals surface area (Å²) < 4.78 is 6.01. The molecule has 0 aromatic carbocycles. The SMILES string of the molecule is CC1=CC(=c2ccc(=C3C(=O)OC3=O)s2)C=CN1. The first-order chi connectivity index (χ1) is 8.65. The summed E-state index contributed by atoms with van der Waals surface area (Å²) in [5, 5.41) is 3.08. The highest BCUT2D eigenvalue weighted by atomic mass is 32.1. The Morgan fingerprint density at radius 2 is 1.89 bits per heavy atom. The molecule has 1 aromatic rings. The molecule has 0 aliphatic carbocycles. The minimum Gasteiger partial charge on any atom is -0.385 e. The number of esters is 2. The van der Waals surface area contributed by atoms with Crippen molar-refractivity contribution < 1.29 is 14.3 Å². The molecule has 5 heteroatoms. The summed E-state index contributed by atoms with van der Waals surface area (Å²) in [5.41, 5.74) is 2.27. The number of cyclic esters (lactones) is 2. The molecule has 1 fully saturated rings. The van der Waals surface area contributed by atoms with Crippen LogP contribution in [0.2, 0.25) is 0 Å². The number of rotatable bonds is 0. The molecule has 0 amide bonds. The van der Waals surface area contributed by atoms with Crippen LogP contribution in [0.25, 0.3) is 11.1 Å². The molecule has 2 aliphatic rings. The number of ether oxygens (including phenoxy) is 1. The van der Waals surface area contributed by atoms with E-state index in [9.17, 15) is 9.59 Å². The summed E-state index contributed by atoms with van der Waals surface area (Å²) in [6.07, 6.45) is 5.83. The van der Waals surface area contributed by atoms with Gasteiger partial charge in [-0.05, 0) is 36.8 Å². The maximum absolute atomic E-state index is 11.2. The van der Waals surface area contributed by atoms with Crippen molar-refractivity contribution in [2.24, 2.45) is 0 Å². The Balaban J connectivity index is 2.19. The second-order valence-electron chi connectivity index (χ2n) is 3.98. The Hall–Kier alpha value is -2.14. The van der Waals surface area contributed by atoms with Crippen molar-refractivity contribution in [1.29, 1.82) is 0 Å². The van der Waals surface area contributed by atoms with Crippen LogP contribution in [-0.2, 0) is 14.3 Å². The number of dihydropyridines is 1. The standard InChI is InChI=1S/C13H9NO3S/c1-7-6-8(4-5-14-7)9-2-3-10(18-9)11-12(15)17-13(11)16/h2-6,14H,1H3. The number of carbonyl (C=O) groups excluding carboxylic acids is 2. The van der Waals surface area contributed by atoms with Crippen molar-refractivity contribution in [3.63, 3.8) is 0 Å². The second kappa shape index (κ2) is 3.96. The van der Waals surface area contributed by atoms with Gasteiger partial charge >= 0.3 is 11.9 Å². The molecule has 0 bridgehead atoms. The van der Waals surface area contributed by atoms with Gasteiger partial charge in [-0.25, -0.2) is 9.59 Å². The van der Waals surface area contributed by atoms with Crippen LogP contribution >= 0.6 is 11.3 Å². The van der Waals surface area contributed by atoms with Gasteiger partial charge in [-0.15, -0.1) is 11.3 Å². The lowest BCUT2D eigenvalue weighted by atomic mass is 10.2. The molecule has 18 heavy (non-hydrogen) atoms. The molecule has 90 valence electrons. The maximum Gasteiger partial charge on any atom is 0.354 e. The van der Waals surface area contributed by atoms with Crippen molar-refractivity contribution in [1.82, 2.24) is 5.32 Å². The summed E-state index contributed by atoms with van der Waals surface area (Å²) >= 11 is 1.41. The van der Waals surface area contributed by atoms with Crippen molar-refractivity contribution >= 4 is 34.4 Å². The van der Waals surface area contributed by atoms with Gasteiger partial charge in [-0.2, -0.15) is 0 Å². The van der Waals surface area contributed by atoms with Crippen LogP contribution in [0, 0.1) is 0 Å². The Bertz CT molecular complexity index is 721. The van der Waals surface area contributed by atoms with Crippen LogP contribution < -0.4 is 14.4 Å². The van der Waals surface area contributed by atoms with Crippen LogP contribution in [0.15, 0.2) is 36.2 Å². The van der Waals surface area contributed by atoms with E-state index < -0.39 is 11.9 Å². The van der Waals surface area contributed by atoms with E-state index in [4.69, 9.17) is 0 Å². The zero-order valence-electron chi connectivity index (χ0n) is 9.52. The van der Waals surface area contributed by atoms with E-state index in [2.05, 4.69) is 10.1 Å². The number of hydrogen-bond acceptors (Lipinski definition) is 5. The second-order valence-corrected chi connectivity index (χ2v) is 5.06. The monoisotopic (exact) mass is 259 g/mol. The normalized spacial score (nSPS) is 21.2. The fourth-order valence-corrected chi connectivity index (χ4v) is 2.81. The predicted molar refractivity (Wildman–Crippen MR) is 67.5 cm³/mol. The summed E-state index contributed by atoms with van der Waals surface area (Å²) in [5.74, 6) is -1.07. The molecule has 3 heterocycles. The fraction of sp³-hybridized carbons (Fsp3) is 0.0769. The molecule has 0 radical (unpaired) electrons. The number of nitrogens with one attached hydrogen (secondary N) is 1. The number of thiophene rings is 1. The first-order valence-electron chi connectivity index (χ1n) is 5.37. The van der Waals surface area contributed by atoms with E-state index in [-0.39, 0.29) is 5.57 Å². The molecule has 1 saturated heterocycles. The highest BCUT2D eigenvalue weighted by molar-refractivity contribution is 7.08. The van der Waals surface area contributed by atoms with Gasteiger partial charge < -0.3 is 10.1 Å².